The normalized spacial score (nSPS) is 29.6. The van der Waals surface area contributed by atoms with E-state index in [-0.39, 0.29) is 18.9 Å². The summed E-state index contributed by atoms with van der Waals surface area (Å²) in [6.07, 6.45) is 22.0. The summed E-state index contributed by atoms with van der Waals surface area (Å²) >= 11 is 0. The number of carbonyl (C=O) groups excluding carboxylic acids is 1. The SMILES string of the molecule is CCCCCCCCCCCCC/C=C/C(O)C(COC1OC(CO)C(OC2OC(CO)C(OC3OC(CO)C(O)C(O)C3O)C(O)C2O)C(O)C1O)NC(=O)CCCCCCCCCCCCCCCCCCCCCCCCCC. The summed E-state index contributed by atoms with van der Waals surface area (Å²) in [5, 5.41) is 120. The average Bonchev–Trinajstić information content (AvgIpc) is 3.39. The third-order valence-electron chi connectivity index (χ3n) is 16.8. The predicted octanol–water partition coefficient (Wildman–Crippen LogP) is 7.33. The zero-order valence-electron chi connectivity index (χ0n) is 50.7. The van der Waals surface area contributed by atoms with Gasteiger partial charge in [0.05, 0.1) is 38.6 Å². The molecule has 0 bridgehead atoms. The fourth-order valence-electron chi connectivity index (χ4n) is 11.4. The fourth-order valence-corrected chi connectivity index (χ4v) is 11.4. The highest BCUT2D eigenvalue weighted by Gasteiger charge is 2.53. The lowest BCUT2D eigenvalue weighted by atomic mass is 9.96. The van der Waals surface area contributed by atoms with Crippen LogP contribution in [-0.2, 0) is 33.2 Å². The van der Waals surface area contributed by atoms with E-state index in [0.29, 0.717) is 6.42 Å². The van der Waals surface area contributed by atoms with E-state index in [0.717, 1.165) is 44.9 Å². The van der Waals surface area contributed by atoms with Crippen molar-refractivity contribution in [3.05, 3.63) is 12.2 Å². The molecule has 19 heteroatoms. The van der Waals surface area contributed by atoms with Gasteiger partial charge in [-0.15, -0.1) is 0 Å². The van der Waals surface area contributed by atoms with Crippen LogP contribution in [0.15, 0.2) is 12.2 Å². The van der Waals surface area contributed by atoms with Crippen LogP contribution in [0.5, 0.6) is 0 Å². The Hall–Kier alpha value is -1.47. The first-order valence-corrected chi connectivity index (χ1v) is 32.9. The highest BCUT2D eigenvalue weighted by atomic mass is 16.8. The zero-order valence-corrected chi connectivity index (χ0v) is 50.7. The quantitative estimate of drug-likeness (QED) is 0.0210. The molecule has 1 amide bonds. The van der Waals surface area contributed by atoms with Crippen LogP contribution in [0.1, 0.15) is 251 Å². The van der Waals surface area contributed by atoms with Crippen molar-refractivity contribution in [1.29, 1.82) is 0 Å². The summed E-state index contributed by atoms with van der Waals surface area (Å²) in [5.74, 6) is -0.271. The maximum Gasteiger partial charge on any atom is 0.220 e. The van der Waals surface area contributed by atoms with E-state index in [1.54, 1.807) is 6.08 Å². The molecule has 0 radical (unpaired) electrons. The Bertz CT molecular complexity index is 1550. The minimum absolute atomic E-state index is 0.249. The van der Waals surface area contributed by atoms with Crippen LogP contribution >= 0.6 is 0 Å². The first-order chi connectivity index (χ1) is 39.8. The van der Waals surface area contributed by atoms with E-state index >= 15 is 0 Å². The van der Waals surface area contributed by atoms with Gasteiger partial charge < -0.3 is 89.9 Å². The largest absolute Gasteiger partial charge is 0.394 e. The van der Waals surface area contributed by atoms with Gasteiger partial charge in [0.15, 0.2) is 18.9 Å². The number of rotatable bonds is 50. The first kappa shape index (κ1) is 74.8. The number of aliphatic hydroxyl groups excluding tert-OH is 11. The van der Waals surface area contributed by atoms with E-state index in [9.17, 15) is 61.0 Å². The zero-order chi connectivity index (χ0) is 59.7. The number of unbranched alkanes of at least 4 members (excludes halogenated alkanes) is 34. The van der Waals surface area contributed by atoms with Crippen molar-refractivity contribution in [2.45, 2.75) is 356 Å². The number of ether oxygens (including phenoxy) is 6. The van der Waals surface area contributed by atoms with Crippen molar-refractivity contribution in [3.8, 4) is 0 Å². The Labute approximate surface area is 493 Å². The summed E-state index contributed by atoms with van der Waals surface area (Å²) < 4.78 is 34.3. The molecule has 17 atom stereocenters. The van der Waals surface area contributed by atoms with E-state index in [1.807, 2.05) is 6.08 Å². The van der Waals surface area contributed by atoms with E-state index in [4.69, 9.17) is 28.4 Å². The van der Waals surface area contributed by atoms with Gasteiger partial charge in [0.25, 0.3) is 0 Å². The van der Waals surface area contributed by atoms with Gasteiger partial charge in [0.1, 0.15) is 73.2 Å². The summed E-state index contributed by atoms with van der Waals surface area (Å²) in [6, 6.07) is -0.967. The lowest BCUT2D eigenvalue weighted by Crippen LogP contribution is -2.66. The summed E-state index contributed by atoms with van der Waals surface area (Å²) in [4.78, 5) is 13.4. The topological polar surface area (TPSA) is 307 Å². The third-order valence-corrected chi connectivity index (χ3v) is 16.8. The molecule has 3 aliphatic heterocycles. The molecule has 3 rings (SSSR count). The number of carbonyl (C=O) groups is 1. The molecule has 3 saturated heterocycles. The third kappa shape index (κ3) is 29.5. The van der Waals surface area contributed by atoms with Crippen LogP contribution in [0.4, 0.5) is 0 Å². The molecule has 0 aromatic carbocycles. The smallest absolute Gasteiger partial charge is 0.220 e. The Morgan fingerprint density at radius 1 is 0.427 bits per heavy atom. The molecule has 0 saturated carbocycles. The molecule has 0 aliphatic carbocycles. The van der Waals surface area contributed by atoms with E-state index < -0.39 is 124 Å². The number of nitrogens with one attached hydrogen (secondary N) is 1. The molecule has 3 fully saturated rings. The van der Waals surface area contributed by atoms with Crippen LogP contribution in [0.25, 0.3) is 0 Å². The number of hydrogen-bond acceptors (Lipinski definition) is 18. The average molecular weight is 1180 g/mol. The molecule has 19 nitrogen and oxygen atoms in total. The predicted molar refractivity (Wildman–Crippen MR) is 314 cm³/mol. The standard InChI is InChI=1S/C63H119NO18/c1-3-5-7-9-11-13-15-17-18-19-20-21-22-23-24-25-26-27-29-31-33-35-37-39-41-51(69)64-46(47(68)40-38-36-34-32-30-28-16-14-12-10-8-6-4-2)45-77-61-57(75)54(72)59(49(43-66)79-61)82-63-58(76)55(73)60(50(44-67)80-63)81-62-56(74)53(71)52(70)48(42-65)78-62/h38,40,46-50,52-63,65-68,70-76H,3-37,39,41-45H2,1-2H3,(H,64,69)/b40-38+. The molecule has 0 spiro atoms. The molecular formula is C63H119NO18. The van der Waals surface area contributed by atoms with Gasteiger partial charge in [-0.2, -0.15) is 0 Å². The van der Waals surface area contributed by atoms with Gasteiger partial charge in [-0.3, -0.25) is 4.79 Å². The Morgan fingerprint density at radius 3 is 1.15 bits per heavy atom. The van der Waals surface area contributed by atoms with Gasteiger partial charge in [0, 0.05) is 6.42 Å². The minimum Gasteiger partial charge on any atom is -0.394 e. The second-order valence-electron chi connectivity index (χ2n) is 23.9. The summed E-state index contributed by atoms with van der Waals surface area (Å²) in [7, 11) is 0. The van der Waals surface area contributed by atoms with Crippen LogP contribution in [0.2, 0.25) is 0 Å². The van der Waals surface area contributed by atoms with Crippen molar-refractivity contribution < 1.29 is 89.4 Å². The molecular weight excluding hydrogens is 1060 g/mol. The van der Waals surface area contributed by atoms with Crippen molar-refractivity contribution in [2.75, 3.05) is 26.4 Å². The number of aliphatic hydroxyl groups is 11. The van der Waals surface area contributed by atoms with Crippen molar-refractivity contribution in [3.63, 3.8) is 0 Å². The Morgan fingerprint density at radius 2 is 0.756 bits per heavy atom. The highest BCUT2D eigenvalue weighted by molar-refractivity contribution is 5.76. The first-order valence-electron chi connectivity index (χ1n) is 32.9. The van der Waals surface area contributed by atoms with Crippen molar-refractivity contribution >= 4 is 5.91 Å². The van der Waals surface area contributed by atoms with Crippen molar-refractivity contribution in [2.24, 2.45) is 0 Å². The number of hydrogen-bond donors (Lipinski definition) is 12. The lowest BCUT2D eigenvalue weighted by molar-refractivity contribution is -0.379. The lowest BCUT2D eigenvalue weighted by Gasteiger charge is -2.48. The van der Waals surface area contributed by atoms with Gasteiger partial charge in [-0.1, -0.05) is 238 Å². The fraction of sp³-hybridized carbons (Fsp3) is 0.952. The number of allylic oxidation sites excluding steroid dienone is 1. The van der Waals surface area contributed by atoms with Gasteiger partial charge in [-0.05, 0) is 19.3 Å². The molecule has 12 N–H and O–H groups in total. The molecule has 82 heavy (non-hydrogen) atoms. The van der Waals surface area contributed by atoms with E-state index in [2.05, 4.69) is 19.2 Å². The Balaban J connectivity index is 1.43. The molecule has 484 valence electrons. The van der Waals surface area contributed by atoms with Crippen LogP contribution < -0.4 is 5.32 Å². The van der Waals surface area contributed by atoms with E-state index in [1.165, 1.54) is 180 Å². The molecule has 0 aromatic rings. The number of amides is 1. The second kappa shape index (κ2) is 46.7. The van der Waals surface area contributed by atoms with Gasteiger partial charge in [0.2, 0.25) is 5.91 Å². The maximum absolute atomic E-state index is 13.4. The monoisotopic (exact) mass is 1180 g/mol. The molecule has 3 heterocycles. The second-order valence-corrected chi connectivity index (χ2v) is 23.9. The molecule has 3 aliphatic rings. The van der Waals surface area contributed by atoms with Crippen molar-refractivity contribution in [1.82, 2.24) is 5.32 Å². The van der Waals surface area contributed by atoms with Crippen LogP contribution in [-0.4, -0.2) is 193 Å². The minimum atomic E-state index is -1.97. The summed E-state index contributed by atoms with van der Waals surface area (Å²) in [5.41, 5.74) is 0. The highest BCUT2D eigenvalue weighted by Crippen LogP contribution is 2.33. The van der Waals surface area contributed by atoms with Crippen LogP contribution in [0, 0.1) is 0 Å². The Kier molecular flexibility index (Phi) is 42.5. The van der Waals surface area contributed by atoms with Gasteiger partial charge in [-0.25, -0.2) is 0 Å². The maximum atomic E-state index is 13.4. The molecule has 17 unspecified atom stereocenters. The van der Waals surface area contributed by atoms with Gasteiger partial charge >= 0.3 is 0 Å². The summed E-state index contributed by atoms with van der Waals surface area (Å²) in [6.45, 7) is 1.74. The molecule has 0 aromatic heterocycles. The van der Waals surface area contributed by atoms with Crippen LogP contribution in [0.3, 0.4) is 0 Å².